The van der Waals surface area contributed by atoms with Gasteiger partial charge in [-0.3, -0.25) is 24.4 Å². The average Bonchev–Trinajstić information content (AvgIpc) is 1.63. The van der Waals surface area contributed by atoms with E-state index in [4.69, 9.17) is 64.6 Å². The van der Waals surface area contributed by atoms with E-state index in [9.17, 15) is 28.0 Å². The molecule has 3 N–H and O–H groups in total. The second-order valence-electron chi connectivity index (χ2n) is 26.6. The third-order valence-electron chi connectivity index (χ3n) is 17.2. The Morgan fingerprint density at radius 3 is 1.11 bits per heavy atom. The quantitative estimate of drug-likeness (QED) is 0.0716. The number of aryl methyl sites for hydroxylation is 12. The molecule has 10 aromatic heterocycles. The topological polar surface area (TPSA) is 300 Å². The summed E-state index contributed by atoms with van der Waals surface area (Å²) in [5.41, 5.74) is 19.8. The van der Waals surface area contributed by atoms with Gasteiger partial charge in [0.05, 0.1) is 27.2 Å². The molecule has 10 heterocycles. The zero-order valence-corrected chi connectivity index (χ0v) is 66.4. The van der Waals surface area contributed by atoms with Crippen LogP contribution in [0.15, 0.2) is 134 Å². The van der Waals surface area contributed by atoms with Crippen LogP contribution in [0.3, 0.4) is 0 Å². The lowest BCUT2D eigenvalue weighted by molar-refractivity contribution is -0.139. The molecule has 0 radical (unpaired) electrons. The number of rotatable bonds is 20. The number of pyridine rings is 6. The van der Waals surface area contributed by atoms with Crippen molar-refractivity contribution in [3.63, 3.8) is 0 Å². The maximum Gasteiger partial charge on any atom is 0.341 e. The molecule has 29 heteroatoms. The van der Waals surface area contributed by atoms with Gasteiger partial charge in [0.1, 0.15) is 37.0 Å². The van der Waals surface area contributed by atoms with Crippen molar-refractivity contribution in [1.82, 2.24) is 69.0 Å². The van der Waals surface area contributed by atoms with E-state index in [0.29, 0.717) is 85.3 Å². The van der Waals surface area contributed by atoms with Gasteiger partial charge in [-0.1, -0.05) is 138 Å². The number of hydrogen-bond acceptors (Lipinski definition) is 19. The molecule has 13 aromatic rings. The van der Waals surface area contributed by atoms with Crippen LogP contribution in [0.1, 0.15) is 120 Å². The molecule has 0 unspecified atom stereocenters. The van der Waals surface area contributed by atoms with Crippen molar-refractivity contribution in [2.45, 2.75) is 114 Å². The number of nitrogens with zero attached hydrogens (tertiary/aromatic N) is 14. The minimum Gasteiger partial charge on any atom is -0.479 e. The summed E-state index contributed by atoms with van der Waals surface area (Å²) in [6.45, 7) is 22.4. The molecule has 576 valence electrons. The van der Waals surface area contributed by atoms with Crippen LogP contribution in [0, 0.1) is 67.0 Å². The van der Waals surface area contributed by atoms with Crippen LogP contribution in [0.2, 0.25) is 15.5 Å². The van der Waals surface area contributed by atoms with Crippen molar-refractivity contribution in [3.8, 4) is 34.9 Å². The number of hydrogen-bond donors (Lipinski definition) is 2. The van der Waals surface area contributed by atoms with Crippen LogP contribution in [0.5, 0.6) is 23.5 Å². The maximum atomic E-state index is 14.3. The molecule has 0 aliphatic heterocycles. The monoisotopic (exact) mass is 1560 g/mol. The van der Waals surface area contributed by atoms with E-state index in [1.807, 2.05) is 60.6 Å². The van der Waals surface area contributed by atoms with Crippen molar-refractivity contribution in [2.24, 2.45) is 33.9 Å². The van der Waals surface area contributed by atoms with Gasteiger partial charge in [-0.2, -0.15) is 40.3 Å². The Morgan fingerprint density at radius 2 is 0.773 bits per heavy atom. The fourth-order valence-electron chi connectivity index (χ4n) is 11.2. The minimum absolute atomic E-state index is 0.000266. The largest absolute Gasteiger partial charge is 0.479 e. The van der Waals surface area contributed by atoms with Crippen molar-refractivity contribution in [2.75, 3.05) is 26.4 Å². The summed E-state index contributed by atoms with van der Waals surface area (Å²) >= 11 is 18.1. The van der Waals surface area contributed by atoms with E-state index < -0.39 is 18.4 Å². The number of benzene rings is 3. The second-order valence-corrected chi connectivity index (χ2v) is 27.7. The molecule has 0 amide bonds. The number of halogens is 5. The first-order valence-corrected chi connectivity index (χ1v) is 36.0. The molecule has 0 saturated carbocycles. The highest BCUT2D eigenvalue weighted by molar-refractivity contribution is 6.35. The predicted molar refractivity (Wildman–Crippen MR) is 423 cm³/mol. The third kappa shape index (κ3) is 22.9. The van der Waals surface area contributed by atoms with Gasteiger partial charge in [-0.05, 0) is 144 Å². The molecular formula is C81H88Cl3F2N15O9. The zero-order chi connectivity index (χ0) is 80.4. The van der Waals surface area contributed by atoms with E-state index >= 15 is 0 Å². The second kappa shape index (κ2) is 38.7. The first-order valence-electron chi connectivity index (χ1n) is 34.9. The Labute approximate surface area is 650 Å². The van der Waals surface area contributed by atoms with E-state index in [-0.39, 0.29) is 72.4 Å². The van der Waals surface area contributed by atoms with Crippen LogP contribution >= 0.6 is 34.8 Å². The Hall–Kier alpha value is -11.2. The molecule has 0 fully saturated rings. The summed E-state index contributed by atoms with van der Waals surface area (Å²) in [7, 11) is 6.98. The molecule has 0 saturated heterocycles. The Morgan fingerprint density at radius 1 is 0.445 bits per heavy atom. The van der Waals surface area contributed by atoms with Gasteiger partial charge < -0.3 is 29.8 Å². The standard InChI is InChI=1S/C25H25FN4O2.C20H22ClN3O2.C11H12ClN3O2.C10H10ClN3O3.C9H13N.C6H6FN/c1-15-7-9-18(10-8-15)16(2)12-19(31)14-32-21-13-17(3)22-24(29-30(4)25(22)28-21)23-20(26)6-5-11-27-23;1-12-5-7-15(8-6-12)13(2)9-16(25)11-26-17-10-14(3)18-19(21)23-24(4)20(18)22-17;1-6-4-8(17-5-7(2)16)13-11-9(6)10(12)14-15(11)3;1-5-3-6(17-4-7(15)16)12-10-8(5)9(11)13-14(10)2;1-7-3-5-9(6-4-7)8(2)10;1-5-6(7)3-2-4-8-5/h5-11,13,16H,12,14H2,1-4H3;5-8,10,13H,9,11H2,1-4H3;4H,5H2,1-3H3;3H,4H2,1-2H3,(H,15,16);3-6,8H,10H2,1-2H3;2-4H,1H3/t16-;13-;;;8-;/m11..0./s1. The van der Waals surface area contributed by atoms with E-state index in [1.165, 1.54) is 58.3 Å². The number of carboxylic acids is 1. The molecule has 110 heavy (non-hydrogen) atoms. The average molecular weight is 1560 g/mol. The first-order chi connectivity index (χ1) is 52.2. The molecular weight excluding hydrogens is 1470 g/mol. The van der Waals surface area contributed by atoms with E-state index in [0.717, 1.165) is 49.5 Å². The fraction of sp³-hybridized carbons (Fsp3) is 0.309. The van der Waals surface area contributed by atoms with Crippen LogP contribution in [0.25, 0.3) is 55.5 Å². The molecule has 0 spiro atoms. The summed E-state index contributed by atoms with van der Waals surface area (Å²) < 4.78 is 54.5. The van der Waals surface area contributed by atoms with Gasteiger partial charge in [0.25, 0.3) is 0 Å². The molecule has 0 aliphatic rings. The number of aromatic nitrogens is 14. The fourth-order valence-corrected chi connectivity index (χ4v) is 12.3. The van der Waals surface area contributed by atoms with Gasteiger partial charge in [0, 0.05) is 83.7 Å². The van der Waals surface area contributed by atoms with Crippen LogP contribution < -0.4 is 24.7 Å². The highest BCUT2D eigenvalue weighted by atomic mass is 35.5. The number of carboxylic acid groups (broad SMARTS) is 1. The number of nitrogens with two attached hydrogens (primary N) is 1. The Kier molecular flexibility index (Phi) is 29.7. The minimum atomic E-state index is -1.05. The smallest absolute Gasteiger partial charge is 0.341 e. The molecule has 13 rings (SSSR count). The van der Waals surface area contributed by atoms with Crippen LogP contribution in [-0.2, 0) is 47.4 Å². The van der Waals surface area contributed by atoms with Crippen molar-refractivity contribution >= 4 is 102 Å². The lowest BCUT2D eigenvalue weighted by Crippen LogP contribution is -2.14. The predicted octanol–water partition coefficient (Wildman–Crippen LogP) is 16.1. The maximum absolute atomic E-state index is 14.3. The van der Waals surface area contributed by atoms with Gasteiger partial charge in [-0.25, -0.2) is 32.3 Å². The summed E-state index contributed by atoms with van der Waals surface area (Å²) in [6.07, 6.45) is 3.92. The molecule has 3 aromatic carbocycles. The van der Waals surface area contributed by atoms with Gasteiger partial charge in [0.15, 0.2) is 67.8 Å². The SMILES string of the molecule is CC(=O)COc1cc(C)c2c(Cl)nn(C)c2n1.Cc1cc(OCC(=O)O)nc2c1c(Cl)nn2C.Cc1ccc([C@H](C)CC(=O)COc2cc(C)c3c(-c4ncccc4F)nn(C)c3n2)cc1.Cc1ccc([C@H](C)CC(=O)COc2cc(C)c3c(Cl)nn(C)c3n2)cc1.Cc1ccc([C@H](C)N)cc1.Cc1ncccc1F. The number of aliphatic carboxylic acids is 1. The number of fused-ring (bicyclic) bond motifs is 4. The highest BCUT2D eigenvalue weighted by Crippen LogP contribution is 2.34. The summed E-state index contributed by atoms with van der Waals surface area (Å²) in [5.74, 6) is -0.0837. The van der Waals surface area contributed by atoms with Crippen molar-refractivity contribution in [3.05, 3.63) is 222 Å². The third-order valence-corrected chi connectivity index (χ3v) is 18.0. The summed E-state index contributed by atoms with van der Waals surface area (Å²) in [6, 6.07) is 37.7. The van der Waals surface area contributed by atoms with Gasteiger partial charge in [-0.15, -0.1) is 0 Å². The zero-order valence-electron chi connectivity index (χ0n) is 64.1. The number of ketones is 3. The number of Topliss-reactive ketones (excluding diaryl/α,β-unsaturated/α-hetero) is 3. The van der Waals surface area contributed by atoms with Crippen LogP contribution in [-0.4, -0.2) is 124 Å². The Balaban J connectivity index is 0.000000175. The molecule has 0 aliphatic carbocycles. The summed E-state index contributed by atoms with van der Waals surface area (Å²) in [5, 5.41) is 29.5. The van der Waals surface area contributed by atoms with E-state index in [2.05, 4.69) is 132 Å². The van der Waals surface area contributed by atoms with E-state index in [1.54, 1.807) is 85.7 Å². The number of ether oxygens (including phenoxy) is 4. The molecule has 3 atom stereocenters. The lowest BCUT2D eigenvalue weighted by atomic mass is 9.95. The molecule has 24 nitrogen and oxygen atoms in total. The Bertz CT molecular complexity index is 5270. The summed E-state index contributed by atoms with van der Waals surface area (Å²) in [4.78, 5) is 71.2. The lowest BCUT2D eigenvalue weighted by Gasteiger charge is -2.12. The molecule has 0 bridgehead atoms. The van der Waals surface area contributed by atoms with Crippen molar-refractivity contribution in [1.29, 1.82) is 0 Å². The van der Waals surface area contributed by atoms with Gasteiger partial charge in [0.2, 0.25) is 23.5 Å². The van der Waals surface area contributed by atoms with Gasteiger partial charge >= 0.3 is 5.97 Å². The number of carbonyl (C=O) groups excluding carboxylic acids is 3. The van der Waals surface area contributed by atoms with Crippen molar-refractivity contribution < 1.29 is 52.0 Å². The highest BCUT2D eigenvalue weighted by Gasteiger charge is 2.22. The first kappa shape index (κ1) is 84.4. The number of carbonyl (C=O) groups is 4. The van der Waals surface area contributed by atoms with Crippen LogP contribution in [0.4, 0.5) is 8.78 Å². The normalized spacial score (nSPS) is 11.7.